The van der Waals surface area contributed by atoms with E-state index < -0.39 is 11.4 Å². The Hall–Kier alpha value is -0.570. The van der Waals surface area contributed by atoms with Crippen LogP contribution in [-0.4, -0.2) is 5.97 Å². The van der Waals surface area contributed by atoms with Crippen LogP contribution in [-0.2, 0) is 4.79 Å². The summed E-state index contributed by atoms with van der Waals surface area (Å²) in [4.78, 5) is 12.4. The van der Waals surface area contributed by atoms with Gasteiger partial charge in [0, 0.05) is 11.4 Å². The van der Waals surface area contributed by atoms with Crippen LogP contribution in [0.1, 0.15) is 182 Å². The minimum atomic E-state index is -0.783. The zero-order chi connectivity index (χ0) is 25.5. The molecule has 0 amide bonds. The number of rotatable bonds is 26. The van der Waals surface area contributed by atoms with Crippen LogP contribution in [0.2, 0.25) is 0 Å². The summed E-state index contributed by atoms with van der Waals surface area (Å²) in [5, 5.41) is 12.4. The van der Waals surface area contributed by atoms with Crippen molar-refractivity contribution in [2.75, 3.05) is 0 Å². The first-order chi connectivity index (χ1) is 16.5. The molecule has 0 bridgehead atoms. The van der Waals surface area contributed by atoms with Crippen molar-refractivity contribution in [3.05, 3.63) is 0 Å². The summed E-state index contributed by atoms with van der Waals surface area (Å²) in [5.74, 6) is -0.135. The van der Waals surface area contributed by atoms with Crippen LogP contribution in [0.25, 0.3) is 0 Å². The number of aliphatic carboxylic acids is 1. The van der Waals surface area contributed by atoms with Gasteiger partial charge in [-0.05, 0) is 31.1 Å². The van der Waals surface area contributed by atoms with Gasteiger partial charge in [-0.3, -0.25) is 0 Å². The monoisotopic (exact) mass is 498 g/mol. The molecule has 3 heteroatoms. The molecule has 35 heavy (non-hydrogen) atoms. The van der Waals surface area contributed by atoms with Gasteiger partial charge < -0.3 is 16.1 Å². The molecule has 0 aromatic heterocycles. The van der Waals surface area contributed by atoms with E-state index in [0.717, 1.165) is 19.3 Å². The Kier molecular flexibility index (Phi) is 26.2. The molecule has 0 heterocycles. The Balaban J connectivity index is 0. The Labute approximate surface area is 221 Å². The summed E-state index contributed by atoms with van der Waals surface area (Å²) < 4.78 is 0. The highest BCUT2D eigenvalue weighted by Gasteiger charge is 2.39. The number of carboxylic acid groups (broad SMARTS) is 1. The predicted octanol–water partition coefficient (Wildman–Crippen LogP) is 10.4. The van der Waals surface area contributed by atoms with E-state index in [1.165, 1.54) is 122 Å². The fourth-order valence-corrected chi connectivity index (χ4v) is 6.05. The Morgan fingerprint density at radius 1 is 0.600 bits per heavy atom. The highest BCUT2D eigenvalue weighted by molar-refractivity contribution is 5.72. The number of unbranched alkanes of at least 4 members (excludes halogenated alkanes) is 18. The van der Waals surface area contributed by atoms with Gasteiger partial charge in [-0.1, -0.05) is 163 Å². The normalized spacial score (nSPS) is 14.0. The first-order valence-electron chi connectivity index (χ1n) is 15.7. The summed E-state index contributed by atoms with van der Waals surface area (Å²) in [5.41, 5.74) is -0.630. The Bertz CT molecular complexity index is 451. The summed E-state index contributed by atoms with van der Waals surface area (Å²) in [7, 11) is 0. The second-order valence-corrected chi connectivity index (χ2v) is 11.6. The molecule has 0 aromatic carbocycles. The average molecular weight is 498 g/mol. The predicted molar refractivity (Wildman–Crippen MR) is 155 cm³/mol. The molecule has 0 aliphatic rings. The highest BCUT2D eigenvalue weighted by atomic mass is 16.4. The molecule has 0 rings (SSSR count). The minimum absolute atomic E-state index is 0. The number of hydrogen-bond acceptors (Lipinski definition) is 2. The van der Waals surface area contributed by atoms with E-state index in [1.807, 2.05) is 0 Å². The van der Waals surface area contributed by atoms with E-state index in [4.69, 9.17) is 0 Å². The number of carboxylic acids is 1. The van der Waals surface area contributed by atoms with Gasteiger partial charge in [0.1, 0.15) is 0 Å². The van der Waals surface area contributed by atoms with Crippen molar-refractivity contribution in [3.8, 4) is 0 Å². The minimum Gasteiger partial charge on any atom is -0.550 e. The van der Waals surface area contributed by atoms with Gasteiger partial charge >= 0.3 is 0 Å². The quantitative estimate of drug-likeness (QED) is 0.121. The van der Waals surface area contributed by atoms with Crippen LogP contribution < -0.4 is 11.3 Å². The first kappa shape index (κ1) is 36.6. The molecule has 0 aromatic rings. The molecule has 0 aliphatic carbocycles. The van der Waals surface area contributed by atoms with Crippen LogP contribution in [0.15, 0.2) is 0 Å². The van der Waals surface area contributed by atoms with Crippen molar-refractivity contribution in [2.45, 2.75) is 182 Å². The highest BCUT2D eigenvalue weighted by Crippen LogP contribution is 2.44. The molecule has 0 saturated heterocycles. The van der Waals surface area contributed by atoms with Crippen molar-refractivity contribution in [1.82, 2.24) is 6.15 Å². The smallest absolute Gasteiger partial charge is 0.0478 e. The third kappa shape index (κ3) is 17.5. The average Bonchev–Trinajstić information content (AvgIpc) is 2.81. The zero-order valence-electron chi connectivity index (χ0n) is 25.2. The van der Waals surface area contributed by atoms with Gasteiger partial charge in [0.05, 0.1) is 0 Å². The fourth-order valence-electron chi connectivity index (χ4n) is 6.05. The van der Waals surface area contributed by atoms with E-state index >= 15 is 0 Å². The van der Waals surface area contributed by atoms with E-state index in [-0.39, 0.29) is 12.1 Å². The van der Waals surface area contributed by atoms with Crippen LogP contribution in [0.3, 0.4) is 0 Å². The van der Waals surface area contributed by atoms with Crippen molar-refractivity contribution >= 4 is 5.97 Å². The Morgan fingerprint density at radius 2 is 0.943 bits per heavy atom. The molecule has 2 unspecified atom stereocenters. The molecule has 0 saturated carbocycles. The molecule has 0 aliphatic heterocycles. The summed E-state index contributed by atoms with van der Waals surface area (Å²) in [6.45, 7) is 11.1. The molecule has 0 fully saturated rings. The van der Waals surface area contributed by atoms with Gasteiger partial charge in [0.2, 0.25) is 0 Å². The largest absolute Gasteiger partial charge is 0.550 e. The Morgan fingerprint density at radius 3 is 1.26 bits per heavy atom. The topological polar surface area (TPSA) is 76.6 Å². The van der Waals surface area contributed by atoms with Crippen molar-refractivity contribution in [2.24, 2.45) is 17.3 Å². The lowest BCUT2D eigenvalue weighted by Gasteiger charge is -2.44. The third-order valence-electron chi connectivity index (χ3n) is 8.40. The van der Waals surface area contributed by atoms with E-state index in [0.29, 0.717) is 12.3 Å². The second kappa shape index (κ2) is 25.1. The third-order valence-corrected chi connectivity index (χ3v) is 8.40. The van der Waals surface area contributed by atoms with Gasteiger partial charge in [0.25, 0.3) is 0 Å². The maximum atomic E-state index is 12.4. The van der Waals surface area contributed by atoms with E-state index in [1.54, 1.807) is 0 Å². The molecule has 4 N–H and O–H groups in total. The second-order valence-electron chi connectivity index (χ2n) is 11.6. The lowest BCUT2D eigenvalue weighted by Crippen LogP contribution is -2.48. The standard InChI is InChI=1S/C32H64O2.H3N/c1-6-9-11-13-15-16-17-18-19-20-21-23-25-27-30(29(4)5)32(8-3,31(33)34)28-26-24-22-14-12-10-7-2;/h29-30H,6-28H2,1-5H3,(H,33,34);1H3. The van der Waals surface area contributed by atoms with Crippen molar-refractivity contribution in [3.63, 3.8) is 0 Å². The lowest BCUT2D eigenvalue weighted by atomic mass is 9.64. The number of carbonyl (C=O) groups is 1. The van der Waals surface area contributed by atoms with E-state index in [2.05, 4.69) is 34.6 Å². The number of quaternary nitrogens is 1. The lowest BCUT2D eigenvalue weighted by molar-refractivity contribution is -0.324. The van der Waals surface area contributed by atoms with Crippen LogP contribution >= 0.6 is 0 Å². The van der Waals surface area contributed by atoms with Crippen LogP contribution in [0, 0.1) is 17.3 Å². The van der Waals surface area contributed by atoms with Crippen LogP contribution in [0.5, 0.6) is 0 Å². The first-order valence-corrected chi connectivity index (χ1v) is 15.7. The maximum Gasteiger partial charge on any atom is 0.0478 e. The number of carbonyl (C=O) groups excluding carboxylic acids is 1. The fraction of sp³-hybridized carbons (Fsp3) is 0.969. The maximum absolute atomic E-state index is 12.4. The van der Waals surface area contributed by atoms with Crippen molar-refractivity contribution in [1.29, 1.82) is 0 Å². The summed E-state index contributed by atoms with van der Waals surface area (Å²) in [6, 6.07) is 0. The summed E-state index contributed by atoms with van der Waals surface area (Å²) >= 11 is 0. The molecule has 3 nitrogen and oxygen atoms in total. The van der Waals surface area contributed by atoms with Gasteiger partial charge in [-0.25, -0.2) is 0 Å². The molecule has 0 spiro atoms. The molecule has 2 atom stereocenters. The molecule has 0 radical (unpaired) electrons. The van der Waals surface area contributed by atoms with Gasteiger partial charge in [-0.2, -0.15) is 0 Å². The zero-order valence-corrected chi connectivity index (χ0v) is 25.2. The van der Waals surface area contributed by atoms with Crippen LogP contribution in [0.4, 0.5) is 0 Å². The molecular formula is C32H67NO2. The van der Waals surface area contributed by atoms with E-state index in [9.17, 15) is 9.90 Å². The SMILES string of the molecule is CCCCCCCCCCCCCCCC(C(C)C)C(CC)(CCCCCCCCC)C(=O)[O-].[NH4+]. The number of hydrogen-bond donors (Lipinski definition) is 1. The molecular weight excluding hydrogens is 430 g/mol. The van der Waals surface area contributed by atoms with Crippen molar-refractivity contribution < 1.29 is 9.90 Å². The van der Waals surface area contributed by atoms with Gasteiger partial charge in [-0.15, -0.1) is 0 Å². The summed E-state index contributed by atoms with van der Waals surface area (Å²) in [6.07, 6.45) is 28.9. The van der Waals surface area contributed by atoms with Gasteiger partial charge in [0.15, 0.2) is 0 Å². The molecule has 212 valence electrons.